The minimum atomic E-state index is -1.06. The number of aliphatic hydroxyl groups excluding tert-OH is 1. The predicted molar refractivity (Wildman–Crippen MR) is 162 cm³/mol. The van der Waals surface area contributed by atoms with Crippen LogP contribution in [0.4, 0.5) is 20.4 Å². The molecule has 2 aromatic heterocycles. The molecule has 0 unspecified atom stereocenters. The van der Waals surface area contributed by atoms with Gasteiger partial charge in [-0.1, -0.05) is 17.9 Å². The van der Waals surface area contributed by atoms with Crippen LogP contribution >= 0.6 is 0 Å². The van der Waals surface area contributed by atoms with Crippen molar-refractivity contribution in [1.29, 1.82) is 0 Å². The zero-order valence-corrected chi connectivity index (χ0v) is 23.6. The van der Waals surface area contributed by atoms with Crippen LogP contribution in [0.2, 0.25) is 0 Å². The van der Waals surface area contributed by atoms with Crippen molar-refractivity contribution < 1.29 is 23.5 Å². The number of H-pyrrole nitrogens is 1. The molecule has 2 amide bonds. The normalized spacial score (nSPS) is 10.6. The van der Waals surface area contributed by atoms with E-state index in [-0.39, 0.29) is 37.7 Å². The Balaban J connectivity index is 1.30. The lowest BCUT2D eigenvalue weighted by atomic mass is 10.1. The molecule has 0 bridgehead atoms. The first-order valence-corrected chi connectivity index (χ1v) is 13.6. The molecular weight excluding hydrogens is 584 g/mol. The van der Waals surface area contributed by atoms with Crippen LogP contribution in [0, 0.1) is 23.5 Å². The number of aromatic amines is 1. The molecule has 5 rings (SSSR count). The smallest absolute Gasteiger partial charge is 0.263 e. The fraction of sp³-hybridized carbons (Fsp3) is 0.125. The van der Waals surface area contributed by atoms with Crippen molar-refractivity contribution in [1.82, 2.24) is 30.2 Å². The third kappa shape index (κ3) is 7.70. The van der Waals surface area contributed by atoms with Crippen LogP contribution in [-0.2, 0) is 6.54 Å². The molecule has 13 heteroatoms. The zero-order valence-electron chi connectivity index (χ0n) is 23.6. The molecule has 3 aromatic carbocycles. The van der Waals surface area contributed by atoms with Crippen molar-refractivity contribution >= 4 is 34.4 Å². The van der Waals surface area contributed by atoms with Gasteiger partial charge in [0, 0.05) is 47.7 Å². The molecule has 226 valence electrons. The number of rotatable bonds is 9. The second-order valence-corrected chi connectivity index (χ2v) is 9.65. The van der Waals surface area contributed by atoms with Gasteiger partial charge in [0.15, 0.2) is 11.6 Å². The third-order valence-corrected chi connectivity index (χ3v) is 6.48. The second-order valence-electron chi connectivity index (χ2n) is 9.65. The molecule has 0 radical (unpaired) electrons. The fourth-order valence-corrected chi connectivity index (χ4v) is 4.24. The zero-order chi connectivity index (χ0) is 31.8. The van der Waals surface area contributed by atoms with Gasteiger partial charge in [0.05, 0.1) is 25.0 Å². The summed E-state index contributed by atoms with van der Waals surface area (Å²) in [5.74, 6) is 3.20. The Bertz CT molecular complexity index is 1990. The Morgan fingerprint density at radius 3 is 2.58 bits per heavy atom. The van der Waals surface area contributed by atoms with E-state index in [1.165, 1.54) is 11.0 Å². The first-order valence-electron chi connectivity index (χ1n) is 13.6. The van der Waals surface area contributed by atoms with Crippen molar-refractivity contribution in [2.24, 2.45) is 0 Å². The average molecular weight is 610 g/mol. The van der Waals surface area contributed by atoms with E-state index in [4.69, 9.17) is 5.11 Å². The summed E-state index contributed by atoms with van der Waals surface area (Å²) in [6.45, 7) is -0.217. The van der Waals surface area contributed by atoms with E-state index in [0.29, 0.717) is 39.2 Å². The summed E-state index contributed by atoms with van der Waals surface area (Å²) >= 11 is 0. The Kier molecular flexibility index (Phi) is 9.46. The van der Waals surface area contributed by atoms with Gasteiger partial charge in [0.25, 0.3) is 17.4 Å². The van der Waals surface area contributed by atoms with E-state index in [1.807, 2.05) is 0 Å². The van der Waals surface area contributed by atoms with Gasteiger partial charge in [-0.3, -0.25) is 14.4 Å². The number of halogens is 2. The third-order valence-electron chi connectivity index (χ3n) is 6.48. The number of nitrogens with one attached hydrogen (secondary N) is 3. The van der Waals surface area contributed by atoms with Gasteiger partial charge < -0.3 is 25.6 Å². The van der Waals surface area contributed by atoms with E-state index < -0.39 is 23.1 Å². The molecule has 0 aliphatic rings. The molecule has 0 fully saturated rings. The van der Waals surface area contributed by atoms with Gasteiger partial charge in [-0.15, -0.1) is 0 Å². The number of hydrogen-bond donors (Lipinski definition) is 4. The summed E-state index contributed by atoms with van der Waals surface area (Å²) in [5.41, 5.74) is 1.84. The van der Waals surface area contributed by atoms with Gasteiger partial charge in [-0.2, -0.15) is 0 Å². The van der Waals surface area contributed by atoms with Crippen LogP contribution in [0.1, 0.15) is 31.8 Å². The van der Waals surface area contributed by atoms with Gasteiger partial charge in [-0.05, 0) is 60.2 Å². The quantitative estimate of drug-likeness (QED) is 0.186. The van der Waals surface area contributed by atoms with Crippen molar-refractivity contribution in [3.63, 3.8) is 0 Å². The Morgan fingerprint density at radius 2 is 1.82 bits per heavy atom. The molecular formula is C32H25F2N7O4. The summed E-state index contributed by atoms with van der Waals surface area (Å²) in [5, 5.41) is 15.2. The lowest BCUT2D eigenvalue weighted by molar-refractivity contribution is 0.0763. The minimum absolute atomic E-state index is 0.120. The van der Waals surface area contributed by atoms with Crippen molar-refractivity contribution in [3.05, 3.63) is 124 Å². The van der Waals surface area contributed by atoms with Crippen molar-refractivity contribution in [2.45, 2.75) is 6.54 Å². The van der Waals surface area contributed by atoms with Gasteiger partial charge in [0.2, 0.25) is 5.95 Å². The number of aromatic nitrogens is 4. The van der Waals surface area contributed by atoms with E-state index in [2.05, 4.69) is 42.4 Å². The molecule has 45 heavy (non-hydrogen) atoms. The minimum Gasteiger partial charge on any atom is -0.395 e. The number of amides is 2. The number of anilines is 2. The van der Waals surface area contributed by atoms with Crippen molar-refractivity contribution in [2.75, 3.05) is 25.0 Å². The molecule has 0 aliphatic heterocycles. The van der Waals surface area contributed by atoms with E-state index in [1.54, 1.807) is 48.7 Å². The number of fused-ring (bicyclic) bond motifs is 1. The second kappa shape index (κ2) is 14.0. The fourth-order valence-electron chi connectivity index (χ4n) is 4.24. The molecule has 2 heterocycles. The largest absolute Gasteiger partial charge is 0.395 e. The molecule has 0 saturated carbocycles. The number of benzene rings is 3. The molecule has 5 aromatic rings. The topological polar surface area (TPSA) is 153 Å². The summed E-state index contributed by atoms with van der Waals surface area (Å²) in [4.78, 5) is 53.6. The monoisotopic (exact) mass is 609 g/mol. The highest BCUT2D eigenvalue weighted by Crippen LogP contribution is 2.19. The average Bonchev–Trinajstić information content (AvgIpc) is 3.05. The Morgan fingerprint density at radius 1 is 1.00 bits per heavy atom. The predicted octanol–water partition coefficient (Wildman–Crippen LogP) is 3.15. The standard InChI is InChI=1S/C32H25F2N7O4/c33-26-9-3-21(15-27(26)34)18-41(31(45)25-17-35-19-38-30(25)44)12-1-2-20-4-10-28-23(14-20)16-37-32(40-28)39-24-7-5-22(6-8-24)29(43)36-11-13-42/h3-10,14-17,19,42H,11-13,18H2,(H,36,43)(H,35,38,44)(H,37,39,40). The maximum Gasteiger partial charge on any atom is 0.263 e. The summed E-state index contributed by atoms with van der Waals surface area (Å²) in [6, 6.07) is 15.3. The molecule has 0 atom stereocenters. The Hall–Kier alpha value is -6.00. The van der Waals surface area contributed by atoms with Crippen LogP contribution in [-0.4, -0.2) is 61.5 Å². The lowest BCUT2D eigenvalue weighted by Gasteiger charge is -2.20. The van der Waals surface area contributed by atoms with Gasteiger partial charge >= 0.3 is 0 Å². The number of carbonyl (C=O) groups is 2. The highest BCUT2D eigenvalue weighted by molar-refractivity contribution is 5.94. The van der Waals surface area contributed by atoms with Crippen LogP contribution < -0.4 is 16.2 Å². The summed E-state index contributed by atoms with van der Waals surface area (Å²) in [6.07, 6.45) is 3.91. The lowest BCUT2D eigenvalue weighted by Crippen LogP contribution is -2.35. The Labute approximate surface area is 255 Å². The first kappa shape index (κ1) is 30.5. The van der Waals surface area contributed by atoms with Crippen LogP contribution in [0.3, 0.4) is 0 Å². The van der Waals surface area contributed by atoms with Gasteiger partial charge in [0.1, 0.15) is 5.56 Å². The maximum absolute atomic E-state index is 13.8. The van der Waals surface area contributed by atoms with Crippen LogP contribution in [0.25, 0.3) is 10.9 Å². The number of hydrogen-bond acceptors (Lipinski definition) is 8. The molecule has 0 saturated heterocycles. The van der Waals surface area contributed by atoms with Crippen LogP contribution in [0.5, 0.6) is 0 Å². The van der Waals surface area contributed by atoms with Crippen LogP contribution in [0.15, 0.2) is 84.2 Å². The molecule has 4 N–H and O–H groups in total. The SMILES string of the molecule is O=C(NCCO)c1ccc(Nc2ncc3cc(C#CCN(Cc4ccc(F)c(F)c4)C(=O)c4cnc[nH]c4=O)ccc3n2)cc1. The molecule has 11 nitrogen and oxygen atoms in total. The number of carbonyl (C=O) groups excluding carboxylic acids is 2. The highest BCUT2D eigenvalue weighted by atomic mass is 19.2. The van der Waals surface area contributed by atoms with E-state index >= 15 is 0 Å². The highest BCUT2D eigenvalue weighted by Gasteiger charge is 2.19. The number of nitrogens with zero attached hydrogens (tertiary/aromatic N) is 4. The number of aliphatic hydroxyl groups is 1. The van der Waals surface area contributed by atoms with E-state index in [0.717, 1.165) is 24.7 Å². The summed E-state index contributed by atoms with van der Waals surface area (Å²) in [7, 11) is 0. The summed E-state index contributed by atoms with van der Waals surface area (Å²) < 4.78 is 27.3. The van der Waals surface area contributed by atoms with Gasteiger partial charge in [-0.25, -0.2) is 23.7 Å². The maximum atomic E-state index is 13.8. The first-order chi connectivity index (χ1) is 21.8. The molecule has 0 spiro atoms. The van der Waals surface area contributed by atoms with E-state index in [9.17, 15) is 23.2 Å². The van der Waals surface area contributed by atoms with Crippen molar-refractivity contribution in [3.8, 4) is 11.8 Å². The molecule has 0 aliphatic carbocycles.